The SMILES string of the molecule is CCOc1ccc2ccccc2c1-c1ccc2ccccc2[o+]1. The van der Waals surface area contributed by atoms with Crippen molar-refractivity contribution >= 4 is 21.7 Å². The first-order chi connectivity index (χ1) is 11.4. The molecule has 0 aliphatic heterocycles. The zero-order chi connectivity index (χ0) is 15.6. The maximum absolute atomic E-state index is 6.16. The van der Waals surface area contributed by atoms with Crippen LogP contribution in [0.2, 0.25) is 0 Å². The van der Waals surface area contributed by atoms with Crippen LogP contribution in [0.25, 0.3) is 33.1 Å². The van der Waals surface area contributed by atoms with Gasteiger partial charge in [0, 0.05) is 17.5 Å². The average molecular weight is 301 g/mol. The number of hydrogen-bond acceptors (Lipinski definition) is 1. The Morgan fingerprint density at radius 1 is 0.783 bits per heavy atom. The molecule has 0 aliphatic carbocycles. The van der Waals surface area contributed by atoms with Gasteiger partial charge in [0.1, 0.15) is 11.3 Å². The molecule has 0 unspecified atom stereocenters. The second-order valence-electron chi connectivity index (χ2n) is 5.43. The van der Waals surface area contributed by atoms with Crippen LogP contribution in [0.15, 0.2) is 77.2 Å². The first-order valence-corrected chi connectivity index (χ1v) is 7.83. The zero-order valence-electron chi connectivity index (χ0n) is 13.0. The quantitative estimate of drug-likeness (QED) is 0.437. The van der Waals surface area contributed by atoms with Crippen molar-refractivity contribution in [3.05, 3.63) is 72.8 Å². The molecule has 0 amide bonds. The van der Waals surface area contributed by atoms with Crippen molar-refractivity contribution in [2.45, 2.75) is 6.92 Å². The zero-order valence-corrected chi connectivity index (χ0v) is 13.0. The van der Waals surface area contributed by atoms with Gasteiger partial charge in [-0.05, 0) is 30.5 Å². The minimum atomic E-state index is 0.624. The van der Waals surface area contributed by atoms with Gasteiger partial charge in [0.2, 0.25) is 0 Å². The Morgan fingerprint density at radius 3 is 2.39 bits per heavy atom. The van der Waals surface area contributed by atoms with Crippen LogP contribution in [0.3, 0.4) is 0 Å². The number of ether oxygens (including phenoxy) is 1. The lowest BCUT2D eigenvalue weighted by Gasteiger charge is -2.09. The third-order valence-corrected chi connectivity index (χ3v) is 3.99. The van der Waals surface area contributed by atoms with Crippen LogP contribution in [0.5, 0.6) is 5.75 Å². The van der Waals surface area contributed by atoms with Crippen LogP contribution in [0.1, 0.15) is 6.92 Å². The molecular weight excluding hydrogens is 284 g/mol. The molecule has 4 rings (SSSR count). The molecule has 0 aliphatic rings. The summed E-state index contributed by atoms with van der Waals surface area (Å²) in [4.78, 5) is 0. The summed E-state index contributed by atoms with van der Waals surface area (Å²) in [5, 5.41) is 3.40. The first-order valence-electron chi connectivity index (χ1n) is 7.83. The highest BCUT2D eigenvalue weighted by Gasteiger charge is 2.21. The summed E-state index contributed by atoms with van der Waals surface area (Å²) in [5.74, 6) is 1.68. The lowest BCUT2D eigenvalue weighted by atomic mass is 10.0. The fourth-order valence-electron chi connectivity index (χ4n) is 2.94. The number of fused-ring (bicyclic) bond motifs is 2. The average Bonchev–Trinajstić information content (AvgIpc) is 2.61. The molecule has 1 aromatic heterocycles. The van der Waals surface area contributed by atoms with Crippen LogP contribution in [-0.4, -0.2) is 6.61 Å². The van der Waals surface area contributed by atoms with Gasteiger partial charge in [0.05, 0.1) is 12.0 Å². The van der Waals surface area contributed by atoms with Crippen molar-refractivity contribution < 1.29 is 9.15 Å². The van der Waals surface area contributed by atoms with E-state index in [-0.39, 0.29) is 0 Å². The van der Waals surface area contributed by atoms with Gasteiger partial charge in [-0.15, -0.1) is 0 Å². The van der Waals surface area contributed by atoms with Gasteiger partial charge < -0.3 is 4.74 Å². The highest BCUT2D eigenvalue weighted by atomic mass is 16.5. The van der Waals surface area contributed by atoms with Crippen molar-refractivity contribution in [1.82, 2.24) is 0 Å². The van der Waals surface area contributed by atoms with Crippen molar-refractivity contribution in [3.63, 3.8) is 0 Å². The van der Waals surface area contributed by atoms with Gasteiger partial charge in [0.15, 0.2) is 0 Å². The fraction of sp³-hybridized carbons (Fsp3) is 0.0952. The van der Waals surface area contributed by atoms with E-state index in [0.717, 1.165) is 33.4 Å². The molecule has 0 bridgehead atoms. The summed E-state index contributed by atoms with van der Waals surface area (Å²) < 4.78 is 12.0. The molecule has 0 saturated carbocycles. The Labute approximate surface area is 135 Å². The maximum atomic E-state index is 6.16. The highest BCUT2D eigenvalue weighted by molar-refractivity contribution is 5.99. The Kier molecular flexibility index (Phi) is 3.43. The van der Waals surface area contributed by atoms with Crippen molar-refractivity contribution in [2.75, 3.05) is 6.61 Å². The molecule has 3 aromatic carbocycles. The highest BCUT2D eigenvalue weighted by Crippen LogP contribution is 2.38. The molecule has 112 valence electrons. The maximum Gasteiger partial charge on any atom is 0.365 e. The molecule has 2 nitrogen and oxygen atoms in total. The minimum absolute atomic E-state index is 0.624. The molecule has 0 saturated heterocycles. The van der Waals surface area contributed by atoms with Crippen LogP contribution in [0.4, 0.5) is 0 Å². The summed E-state index contributed by atoms with van der Waals surface area (Å²) in [7, 11) is 0. The smallest absolute Gasteiger partial charge is 0.365 e. The van der Waals surface area contributed by atoms with Crippen LogP contribution >= 0.6 is 0 Å². The van der Waals surface area contributed by atoms with Crippen LogP contribution in [-0.2, 0) is 0 Å². The topological polar surface area (TPSA) is 20.5 Å². The summed E-state index contributed by atoms with van der Waals surface area (Å²) >= 11 is 0. The molecule has 0 fully saturated rings. The van der Waals surface area contributed by atoms with E-state index in [1.54, 1.807) is 0 Å². The molecule has 0 N–H and O–H groups in total. The standard InChI is InChI=1S/C21H17O2/c1-2-22-19-13-11-15-7-3-5-9-17(15)21(19)20-14-12-16-8-4-6-10-18(16)23-20/h3-14H,2H2,1H3/q+1. The summed E-state index contributed by atoms with van der Waals surface area (Å²) in [6.45, 7) is 2.62. The van der Waals surface area contributed by atoms with E-state index in [4.69, 9.17) is 9.15 Å². The number of rotatable bonds is 3. The molecule has 2 heteroatoms. The predicted octanol–water partition coefficient (Wildman–Crippen LogP) is 5.93. The van der Waals surface area contributed by atoms with Crippen molar-refractivity contribution in [1.29, 1.82) is 0 Å². The summed E-state index contributed by atoms with van der Waals surface area (Å²) in [6, 6.07) is 24.6. The second-order valence-corrected chi connectivity index (χ2v) is 5.43. The summed E-state index contributed by atoms with van der Waals surface area (Å²) in [5.41, 5.74) is 1.89. The minimum Gasteiger partial charge on any atom is -0.493 e. The van der Waals surface area contributed by atoms with E-state index < -0.39 is 0 Å². The fourth-order valence-corrected chi connectivity index (χ4v) is 2.94. The molecule has 4 aromatic rings. The lowest BCUT2D eigenvalue weighted by molar-refractivity contribution is 0.341. The van der Waals surface area contributed by atoms with Gasteiger partial charge in [-0.1, -0.05) is 42.5 Å². The van der Waals surface area contributed by atoms with Crippen molar-refractivity contribution in [2.24, 2.45) is 0 Å². The monoisotopic (exact) mass is 301 g/mol. The van der Waals surface area contributed by atoms with E-state index >= 15 is 0 Å². The number of hydrogen-bond donors (Lipinski definition) is 0. The molecule has 23 heavy (non-hydrogen) atoms. The first kappa shape index (κ1) is 13.8. The van der Waals surface area contributed by atoms with E-state index in [9.17, 15) is 0 Å². The van der Waals surface area contributed by atoms with Crippen LogP contribution in [0, 0.1) is 0 Å². The van der Waals surface area contributed by atoms with Gasteiger partial charge in [-0.2, -0.15) is 0 Å². The lowest BCUT2D eigenvalue weighted by Crippen LogP contribution is -1.95. The van der Waals surface area contributed by atoms with Crippen LogP contribution < -0.4 is 4.74 Å². The molecule has 1 heterocycles. The number of para-hydroxylation sites is 1. The van der Waals surface area contributed by atoms with Gasteiger partial charge in [-0.25, -0.2) is 4.42 Å². The Morgan fingerprint density at radius 2 is 1.52 bits per heavy atom. The van der Waals surface area contributed by atoms with Gasteiger partial charge in [0.25, 0.3) is 0 Å². The van der Waals surface area contributed by atoms with Gasteiger partial charge in [-0.3, -0.25) is 0 Å². The molecule has 0 radical (unpaired) electrons. The third-order valence-electron chi connectivity index (χ3n) is 3.99. The van der Waals surface area contributed by atoms with Gasteiger partial charge >= 0.3 is 11.3 Å². The third kappa shape index (κ3) is 2.42. The predicted molar refractivity (Wildman–Crippen MR) is 94.7 cm³/mol. The van der Waals surface area contributed by atoms with Crippen molar-refractivity contribution in [3.8, 4) is 17.1 Å². The van der Waals surface area contributed by atoms with E-state index in [0.29, 0.717) is 6.61 Å². The molecular formula is C21H17O2+. The largest absolute Gasteiger partial charge is 0.493 e. The Hall–Kier alpha value is -2.87. The summed E-state index contributed by atoms with van der Waals surface area (Å²) in [6.07, 6.45) is 0. The molecule has 0 atom stereocenters. The number of benzene rings is 3. The van der Waals surface area contributed by atoms with E-state index in [1.165, 1.54) is 5.39 Å². The Balaban J connectivity index is 2.02. The Bertz CT molecular complexity index is 989. The van der Waals surface area contributed by atoms with E-state index in [2.05, 4.69) is 30.3 Å². The second kappa shape index (κ2) is 5.73. The molecule has 0 spiro atoms. The normalized spacial score (nSPS) is 11.0. The van der Waals surface area contributed by atoms with E-state index in [1.807, 2.05) is 49.4 Å².